The molecule has 0 saturated carbocycles. The van der Waals surface area contributed by atoms with Gasteiger partial charge in [-0.25, -0.2) is 0 Å². The van der Waals surface area contributed by atoms with Crippen LogP contribution in [-0.2, 0) is 4.79 Å². The number of hydrogen-bond donors (Lipinski definition) is 2. The highest BCUT2D eigenvalue weighted by atomic mass is 16.7. The lowest BCUT2D eigenvalue weighted by Crippen LogP contribution is -2.29. The average molecular weight is 250 g/mol. The number of rotatable bonds is 4. The summed E-state index contributed by atoms with van der Waals surface area (Å²) in [5.41, 5.74) is 6.06. The molecule has 2 rings (SSSR count). The smallest absolute Gasteiger partial charge is 0.246 e. The zero-order chi connectivity index (χ0) is 13.2. The van der Waals surface area contributed by atoms with Crippen LogP contribution in [0.4, 0.5) is 5.69 Å². The Labute approximate surface area is 106 Å². The van der Waals surface area contributed by atoms with Crippen molar-refractivity contribution < 1.29 is 14.3 Å². The molecule has 1 aromatic carbocycles. The molecule has 3 N–H and O–H groups in total. The number of anilines is 1. The largest absolute Gasteiger partial charge is 0.449 e. The normalized spacial score (nSPS) is 15.5. The van der Waals surface area contributed by atoms with Crippen LogP contribution in [0, 0.1) is 0 Å². The Hall–Kier alpha value is -1.75. The van der Waals surface area contributed by atoms with Crippen molar-refractivity contribution in [1.82, 2.24) is 0 Å². The van der Waals surface area contributed by atoms with E-state index in [2.05, 4.69) is 5.32 Å². The van der Waals surface area contributed by atoms with Crippen molar-refractivity contribution in [3.63, 3.8) is 0 Å². The first kappa shape index (κ1) is 12.7. The van der Waals surface area contributed by atoms with Crippen LogP contribution in [0.25, 0.3) is 0 Å². The molecule has 0 aromatic heterocycles. The summed E-state index contributed by atoms with van der Waals surface area (Å²) < 4.78 is 11.2. The fourth-order valence-electron chi connectivity index (χ4n) is 1.79. The van der Waals surface area contributed by atoms with Gasteiger partial charge < -0.3 is 20.5 Å². The van der Waals surface area contributed by atoms with Crippen molar-refractivity contribution in [2.45, 2.75) is 32.5 Å². The molecule has 5 heteroatoms. The molecule has 0 unspecified atom stereocenters. The van der Waals surface area contributed by atoms with Crippen LogP contribution in [0.3, 0.4) is 0 Å². The van der Waals surface area contributed by atoms with Gasteiger partial charge in [0.15, 0.2) is 11.5 Å². The summed E-state index contributed by atoms with van der Waals surface area (Å²) in [5, 5.41) is 2.80. The lowest BCUT2D eigenvalue weighted by molar-refractivity contribution is -0.116. The molecule has 0 radical (unpaired) electrons. The molecule has 0 saturated heterocycles. The molecule has 1 aliphatic heterocycles. The van der Waals surface area contributed by atoms with Crippen molar-refractivity contribution in [3.05, 3.63) is 18.2 Å². The van der Waals surface area contributed by atoms with E-state index in [4.69, 9.17) is 15.2 Å². The molecule has 5 nitrogen and oxygen atoms in total. The van der Waals surface area contributed by atoms with Gasteiger partial charge in [-0.05, 0) is 25.1 Å². The van der Waals surface area contributed by atoms with E-state index in [1.54, 1.807) is 18.2 Å². The van der Waals surface area contributed by atoms with Gasteiger partial charge >= 0.3 is 0 Å². The van der Waals surface area contributed by atoms with E-state index < -0.39 is 5.79 Å². The van der Waals surface area contributed by atoms with E-state index in [1.165, 1.54) is 0 Å². The predicted molar refractivity (Wildman–Crippen MR) is 68.7 cm³/mol. The fraction of sp³-hybridized carbons (Fsp3) is 0.462. The molecule has 1 aliphatic rings. The highest BCUT2D eigenvalue weighted by Gasteiger charge is 2.31. The Morgan fingerprint density at radius 3 is 2.78 bits per heavy atom. The van der Waals surface area contributed by atoms with Crippen LogP contribution in [0.2, 0.25) is 0 Å². The van der Waals surface area contributed by atoms with Crippen LogP contribution < -0.4 is 20.5 Å². The number of hydrogen-bond acceptors (Lipinski definition) is 4. The molecule has 18 heavy (non-hydrogen) atoms. The molecule has 0 spiro atoms. The minimum atomic E-state index is -0.648. The Bertz CT molecular complexity index is 458. The Morgan fingerprint density at radius 1 is 1.33 bits per heavy atom. The van der Waals surface area contributed by atoms with Crippen LogP contribution in [-0.4, -0.2) is 18.2 Å². The molecule has 0 atom stereocenters. The minimum Gasteiger partial charge on any atom is -0.449 e. The summed E-state index contributed by atoms with van der Waals surface area (Å²) in [4.78, 5) is 11.6. The molecule has 0 bridgehead atoms. The Kier molecular flexibility index (Phi) is 3.43. The summed E-state index contributed by atoms with van der Waals surface area (Å²) in [6.07, 6.45) is 1.11. The van der Waals surface area contributed by atoms with E-state index in [-0.39, 0.29) is 5.91 Å². The molecular weight excluding hydrogens is 232 g/mol. The van der Waals surface area contributed by atoms with Gasteiger partial charge in [0, 0.05) is 32.0 Å². The molecule has 0 fully saturated rings. The summed E-state index contributed by atoms with van der Waals surface area (Å²) in [5.74, 6) is 0.653. The molecule has 1 heterocycles. The van der Waals surface area contributed by atoms with E-state index in [0.29, 0.717) is 36.6 Å². The molecule has 1 aromatic rings. The number of carbonyl (C=O) groups is 1. The maximum absolute atomic E-state index is 11.6. The quantitative estimate of drug-likeness (QED) is 0.855. The average Bonchev–Trinajstić information content (AvgIpc) is 2.59. The third-order valence-corrected chi connectivity index (χ3v) is 2.55. The molecule has 1 amide bonds. The van der Waals surface area contributed by atoms with Gasteiger partial charge in [0.25, 0.3) is 0 Å². The minimum absolute atomic E-state index is 0.0430. The second kappa shape index (κ2) is 4.86. The zero-order valence-electron chi connectivity index (χ0n) is 10.7. The van der Waals surface area contributed by atoms with Crippen LogP contribution in [0.1, 0.15) is 26.7 Å². The molecule has 0 aliphatic carbocycles. The van der Waals surface area contributed by atoms with Crippen LogP contribution in [0.15, 0.2) is 18.2 Å². The van der Waals surface area contributed by atoms with E-state index >= 15 is 0 Å². The second-order valence-corrected chi connectivity index (χ2v) is 4.71. The lowest BCUT2D eigenvalue weighted by atomic mass is 10.2. The predicted octanol–water partition coefficient (Wildman–Crippen LogP) is 1.87. The number of nitrogens with one attached hydrogen (secondary N) is 1. The van der Waals surface area contributed by atoms with Gasteiger partial charge in [0.05, 0.1) is 0 Å². The summed E-state index contributed by atoms with van der Waals surface area (Å²) in [6.45, 7) is 4.20. The van der Waals surface area contributed by atoms with E-state index in [9.17, 15) is 4.79 Å². The number of fused-ring (bicyclic) bond motifs is 1. The zero-order valence-corrected chi connectivity index (χ0v) is 10.7. The summed E-state index contributed by atoms with van der Waals surface area (Å²) in [7, 11) is 0. The standard InChI is InChI=1S/C13H18N2O3/c1-13(2)17-10-6-5-9(8-11(10)18-13)15-12(16)4-3-7-14/h5-6,8H,3-4,7,14H2,1-2H3,(H,15,16). The topological polar surface area (TPSA) is 73.6 Å². The fourth-order valence-corrected chi connectivity index (χ4v) is 1.79. The number of benzene rings is 1. The number of amides is 1. The van der Waals surface area contributed by atoms with Crippen LogP contribution >= 0.6 is 0 Å². The number of carbonyl (C=O) groups excluding carboxylic acids is 1. The van der Waals surface area contributed by atoms with Gasteiger partial charge in [-0.15, -0.1) is 0 Å². The van der Waals surface area contributed by atoms with Gasteiger partial charge in [-0.2, -0.15) is 0 Å². The van der Waals surface area contributed by atoms with Crippen molar-refractivity contribution in [3.8, 4) is 11.5 Å². The maximum Gasteiger partial charge on any atom is 0.246 e. The maximum atomic E-state index is 11.6. The first-order chi connectivity index (χ1) is 8.50. The molecular formula is C13H18N2O3. The Morgan fingerprint density at radius 2 is 2.06 bits per heavy atom. The Balaban J connectivity index is 2.03. The van der Waals surface area contributed by atoms with Crippen molar-refractivity contribution in [1.29, 1.82) is 0 Å². The van der Waals surface area contributed by atoms with Gasteiger partial charge in [-0.1, -0.05) is 0 Å². The highest BCUT2D eigenvalue weighted by molar-refractivity contribution is 5.91. The van der Waals surface area contributed by atoms with E-state index in [1.807, 2.05) is 13.8 Å². The third-order valence-electron chi connectivity index (χ3n) is 2.55. The van der Waals surface area contributed by atoms with Crippen molar-refractivity contribution in [2.75, 3.05) is 11.9 Å². The van der Waals surface area contributed by atoms with Crippen molar-refractivity contribution >= 4 is 11.6 Å². The van der Waals surface area contributed by atoms with E-state index in [0.717, 1.165) is 0 Å². The number of nitrogens with two attached hydrogens (primary N) is 1. The highest BCUT2D eigenvalue weighted by Crippen LogP contribution is 2.40. The first-order valence-electron chi connectivity index (χ1n) is 6.02. The van der Waals surface area contributed by atoms with Gasteiger partial charge in [-0.3, -0.25) is 4.79 Å². The second-order valence-electron chi connectivity index (χ2n) is 4.71. The molecule has 98 valence electrons. The van der Waals surface area contributed by atoms with Crippen LogP contribution in [0.5, 0.6) is 11.5 Å². The SMILES string of the molecule is CC1(C)Oc2ccc(NC(=O)CCCN)cc2O1. The summed E-state index contributed by atoms with van der Waals surface area (Å²) in [6, 6.07) is 5.36. The van der Waals surface area contributed by atoms with Gasteiger partial charge in [0.1, 0.15) is 0 Å². The monoisotopic (exact) mass is 250 g/mol. The van der Waals surface area contributed by atoms with Gasteiger partial charge in [0.2, 0.25) is 11.7 Å². The first-order valence-corrected chi connectivity index (χ1v) is 6.02. The lowest BCUT2D eigenvalue weighted by Gasteiger charge is -2.16. The van der Waals surface area contributed by atoms with Crippen molar-refractivity contribution in [2.24, 2.45) is 5.73 Å². The summed E-state index contributed by atoms with van der Waals surface area (Å²) >= 11 is 0. The third kappa shape index (κ3) is 2.92. The number of ether oxygens (including phenoxy) is 2.